The van der Waals surface area contributed by atoms with Gasteiger partial charge in [-0.15, -0.1) is 0 Å². The van der Waals surface area contributed by atoms with Gasteiger partial charge in [-0.1, -0.05) is 55.5 Å². The Morgan fingerprint density at radius 3 is 2.30 bits per heavy atom. The molecule has 27 heavy (non-hydrogen) atoms. The highest BCUT2D eigenvalue weighted by atomic mass is 35.5. The molecular formula is C20H23ClN2O3S. The molecule has 3 rings (SSSR count). The normalized spacial score (nSPS) is 15.7. The summed E-state index contributed by atoms with van der Waals surface area (Å²) in [6, 6.07) is 13.0. The Morgan fingerprint density at radius 1 is 0.963 bits per heavy atom. The van der Waals surface area contributed by atoms with Gasteiger partial charge in [0.1, 0.15) is 4.90 Å². The topological polar surface area (TPSA) is 75.3 Å². The number of halogens is 1. The van der Waals surface area contributed by atoms with Crippen LogP contribution in [0.2, 0.25) is 5.02 Å². The lowest BCUT2D eigenvalue weighted by molar-refractivity contribution is 0.0933. The van der Waals surface area contributed by atoms with Crippen molar-refractivity contribution in [3.63, 3.8) is 0 Å². The smallest absolute Gasteiger partial charge is 0.263 e. The van der Waals surface area contributed by atoms with Crippen LogP contribution in [0.1, 0.15) is 48.9 Å². The predicted octanol–water partition coefficient (Wildman–Crippen LogP) is 4.59. The van der Waals surface area contributed by atoms with Gasteiger partial charge in [-0.05, 0) is 43.2 Å². The summed E-state index contributed by atoms with van der Waals surface area (Å²) in [6.45, 7) is 0. The standard InChI is InChI=1S/C20H23ClN2O3S/c21-18-13-12-15(20(24)22-16-8-4-1-2-5-9-16)14-19(18)27(25,26)23-17-10-6-3-7-11-17/h3,6-7,10-14,16,23H,1-2,4-5,8-9H2,(H,22,24). The fourth-order valence-electron chi connectivity index (χ4n) is 3.26. The molecule has 0 heterocycles. The minimum absolute atomic E-state index is 0.0736. The molecule has 2 aromatic rings. The van der Waals surface area contributed by atoms with Gasteiger partial charge in [0.2, 0.25) is 0 Å². The quantitative estimate of drug-likeness (QED) is 0.713. The molecule has 2 aromatic carbocycles. The Morgan fingerprint density at radius 2 is 1.63 bits per heavy atom. The van der Waals surface area contributed by atoms with Crippen molar-refractivity contribution in [3.05, 3.63) is 59.1 Å². The lowest BCUT2D eigenvalue weighted by atomic mass is 10.1. The van der Waals surface area contributed by atoms with E-state index in [4.69, 9.17) is 11.6 Å². The Kier molecular flexibility index (Phi) is 6.39. The second-order valence-corrected chi connectivity index (χ2v) is 8.84. The molecule has 0 radical (unpaired) electrons. The van der Waals surface area contributed by atoms with Gasteiger partial charge < -0.3 is 5.32 Å². The van der Waals surface area contributed by atoms with Crippen LogP contribution in [0.4, 0.5) is 5.69 Å². The molecule has 0 atom stereocenters. The largest absolute Gasteiger partial charge is 0.349 e. The molecule has 5 nitrogen and oxygen atoms in total. The van der Waals surface area contributed by atoms with Crippen molar-refractivity contribution in [2.75, 3.05) is 4.72 Å². The van der Waals surface area contributed by atoms with E-state index in [1.165, 1.54) is 25.0 Å². The van der Waals surface area contributed by atoms with Crippen molar-refractivity contribution in [2.45, 2.75) is 49.5 Å². The second-order valence-electron chi connectivity index (χ2n) is 6.78. The maximum Gasteiger partial charge on any atom is 0.263 e. The van der Waals surface area contributed by atoms with Gasteiger partial charge in [0.05, 0.1) is 5.02 Å². The SMILES string of the molecule is O=C(NC1CCCCCC1)c1ccc(Cl)c(S(=O)(=O)Nc2ccccc2)c1. The number of hydrogen-bond acceptors (Lipinski definition) is 3. The van der Waals surface area contributed by atoms with Gasteiger partial charge in [0, 0.05) is 17.3 Å². The highest BCUT2D eigenvalue weighted by molar-refractivity contribution is 7.92. The number of carbonyl (C=O) groups is 1. The van der Waals surface area contributed by atoms with Crippen LogP contribution in [0, 0.1) is 0 Å². The van der Waals surface area contributed by atoms with Crippen molar-refractivity contribution in [3.8, 4) is 0 Å². The molecule has 1 aliphatic carbocycles. The fourth-order valence-corrected chi connectivity index (χ4v) is 4.84. The zero-order chi connectivity index (χ0) is 19.3. The summed E-state index contributed by atoms with van der Waals surface area (Å²) in [5.74, 6) is -0.269. The summed E-state index contributed by atoms with van der Waals surface area (Å²) in [5.41, 5.74) is 0.721. The first kappa shape index (κ1) is 19.7. The highest BCUT2D eigenvalue weighted by Crippen LogP contribution is 2.25. The lowest BCUT2D eigenvalue weighted by Crippen LogP contribution is -2.34. The van der Waals surface area contributed by atoms with Crippen LogP contribution in [-0.4, -0.2) is 20.4 Å². The van der Waals surface area contributed by atoms with Gasteiger partial charge in [-0.3, -0.25) is 9.52 Å². The molecule has 0 spiro atoms. The van der Waals surface area contributed by atoms with E-state index in [0.717, 1.165) is 25.7 Å². The molecule has 0 aromatic heterocycles. The van der Waals surface area contributed by atoms with Gasteiger partial charge >= 0.3 is 0 Å². The van der Waals surface area contributed by atoms with E-state index in [1.54, 1.807) is 36.4 Å². The molecule has 1 fully saturated rings. The number of nitrogens with one attached hydrogen (secondary N) is 2. The Bertz CT molecular complexity index is 893. The second kappa shape index (κ2) is 8.76. The minimum atomic E-state index is -3.90. The van der Waals surface area contributed by atoms with Crippen molar-refractivity contribution in [2.24, 2.45) is 0 Å². The van der Waals surface area contributed by atoms with E-state index in [9.17, 15) is 13.2 Å². The molecule has 7 heteroatoms. The van der Waals surface area contributed by atoms with Crippen molar-refractivity contribution in [1.29, 1.82) is 0 Å². The number of sulfonamides is 1. The van der Waals surface area contributed by atoms with Crippen molar-refractivity contribution < 1.29 is 13.2 Å². The number of carbonyl (C=O) groups excluding carboxylic acids is 1. The van der Waals surface area contributed by atoms with E-state index < -0.39 is 10.0 Å². The molecule has 1 aliphatic rings. The Hall–Kier alpha value is -2.05. The average molecular weight is 407 g/mol. The Balaban J connectivity index is 1.80. The molecule has 2 N–H and O–H groups in total. The van der Waals surface area contributed by atoms with Gasteiger partial charge in [-0.25, -0.2) is 8.42 Å². The molecule has 1 amide bonds. The third-order valence-electron chi connectivity index (χ3n) is 4.70. The molecule has 0 unspecified atom stereocenters. The van der Waals surface area contributed by atoms with Gasteiger partial charge in [-0.2, -0.15) is 0 Å². The van der Waals surface area contributed by atoms with Crippen LogP contribution in [0.3, 0.4) is 0 Å². The maximum atomic E-state index is 12.7. The average Bonchev–Trinajstić information content (AvgIpc) is 2.91. The van der Waals surface area contributed by atoms with Crippen LogP contribution in [0.25, 0.3) is 0 Å². The third-order valence-corrected chi connectivity index (χ3v) is 6.56. The zero-order valence-electron chi connectivity index (χ0n) is 14.9. The number of para-hydroxylation sites is 1. The number of benzene rings is 2. The molecule has 0 aliphatic heterocycles. The van der Waals surface area contributed by atoms with Crippen LogP contribution in [0.5, 0.6) is 0 Å². The van der Waals surface area contributed by atoms with Crippen LogP contribution in [-0.2, 0) is 10.0 Å². The van der Waals surface area contributed by atoms with E-state index in [1.807, 2.05) is 0 Å². The number of hydrogen-bond donors (Lipinski definition) is 2. The van der Waals surface area contributed by atoms with E-state index in [-0.39, 0.29) is 27.4 Å². The molecule has 0 bridgehead atoms. The molecule has 0 saturated heterocycles. The maximum absolute atomic E-state index is 12.7. The predicted molar refractivity (Wildman–Crippen MR) is 108 cm³/mol. The summed E-state index contributed by atoms with van der Waals surface area (Å²) >= 11 is 6.11. The minimum Gasteiger partial charge on any atom is -0.349 e. The monoisotopic (exact) mass is 406 g/mol. The van der Waals surface area contributed by atoms with Crippen LogP contribution >= 0.6 is 11.6 Å². The zero-order valence-corrected chi connectivity index (χ0v) is 16.5. The van der Waals surface area contributed by atoms with Gasteiger partial charge in [0.15, 0.2) is 0 Å². The first-order chi connectivity index (χ1) is 13.0. The number of anilines is 1. The summed E-state index contributed by atoms with van der Waals surface area (Å²) in [4.78, 5) is 12.5. The molecule has 144 valence electrons. The van der Waals surface area contributed by atoms with E-state index in [2.05, 4.69) is 10.0 Å². The first-order valence-corrected chi connectivity index (χ1v) is 11.0. The summed E-state index contributed by atoms with van der Waals surface area (Å²) in [6.07, 6.45) is 6.51. The summed E-state index contributed by atoms with van der Waals surface area (Å²) < 4.78 is 27.9. The number of amides is 1. The van der Waals surface area contributed by atoms with Crippen LogP contribution in [0.15, 0.2) is 53.4 Å². The Labute approximate surface area is 165 Å². The molecule has 1 saturated carbocycles. The van der Waals surface area contributed by atoms with E-state index in [0.29, 0.717) is 5.69 Å². The van der Waals surface area contributed by atoms with Gasteiger partial charge in [0.25, 0.3) is 15.9 Å². The third kappa shape index (κ3) is 5.23. The lowest BCUT2D eigenvalue weighted by Gasteiger charge is -2.17. The summed E-state index contributed by atoms with van der Waals surface area (Å²) in [5, 5.41) is 3.10. The van der Waals surface area contributed by atoms with E-state index >= 15 is 0 Å². The first-order valence-electron chi connectivity index (χ1n) is 9.14. The fraction of sp³-hybridized carbons (Fsp3) is 0.350. The van der Waals surface area contributed by atoms with Crippen molar-refractivity contribution >= 4 is 33.2 Å². The summed E-state index contributed by atoms with van der Waals surface area (Å²) in [7, 11) is -3.90. The molecular weight excluding hydrogens is 384 g/mol. The van der Waals surface area contributed by atoms with Crippen LogP contribution < -0.4 is 10.0 Å². The number of rotatable bonds is 5. The highest BCUT2D eigenvalue weighted by Gasteiger charge is 2.22. The van der Waals surface area contributed by atoms with Crippen molar-refractivity contribution in [1.82, 2.24) is 5.32 Å².